The first-order valence-corrected chi connectivity index (χ1v) is 6.11. The summed E-state index contributed by atoms with van der Waals surface area (Å²) in [6, 6.07) is 5.84. The van der Waals surface area contributed by atoms with Gasteiger partial charge in [0.2, 0.25) is 0 Å². The minimum atomic E-state index is -4.26. The number of nitrogens with one attached hydrogen (secondary N) is 2. The first-order valence-electron chi connectivity index (χ1n) is 6.11. The van der Waals surface area contributed by atoms with Crippen LogP contribution >= 0.6 is 0 Å². The highest BCUT2D eigenvalue weighted by atomic mass is 19.4. The predicted octanol–water partition coefficient (Wildman–Crippen LogP) is 2.72. The van der Waals surface area contributed by atoms with Crippen molar-refractivity contribution in [2.24, 2.45) is 0 Å². The summed E-state index contributed by atoms with van der Waals surface area (Å²) in [5.74, 6) is 0. The second-order valence-corrected chi connectivity index (χ2v) is 4.70. The minimum absolute atomic E-state index is 0.0668. The lowest BCUT2D eigenvalue weighted by Gasteiger charge is -2.19. The van der Waals surface area contributed by atoms with Gasteiger partial charge in [-0.25, -0.2) is 0 Å². The largest absolute Gasteiger partial charge is 0.416 e. The van der Waals surface area contributed by atoms with Crippen LogP contribution in [0.25, 0.3) is 0 Å². The van der Waals surface area contributed by atoms with Crippen LogP contribution in [-0.4, -0.2) is 19.1 Å². The Morgan fingerprint density at radius 2 is 1.94 bits per heavy atom. The van der Waals surface area contributed by atoms with Crippen LogP contribution in [-0.2, 0) is 6.18 Å². The molecule has 2 atom stereocenters. The molecule has 2 unspecified atom stereocenters. The Morgan fingerprint density at radius 1 is 1.28 bits per heavy atom. The van der Waals surface area contributed by atoms with E-state index in [4.69, 9.17) is 0 Å². The Bertz CT molecular complexity index is 380. The molecule has 0 aliphatic carbocycles. The van der Waals surface area contributed by atoms with E-state index in [2.05, 4.69) is 10.6 Å². The van der Waals surface area contributed by atoms with E-state index in [1.165, 1.54) is 0 Å². The van der Waals surface area contributed by atoms with Crippen LogP contribution in [0.5, 0.6) is 0 Å². The van der Waals surface area contributed by atoms with Crippen molar-refractivity contribution in [3.05, 3.63) is 35.4 Å². The van der Waals surface area contributed by atoms with Gasteiger partial charge in [0, 0.05) is 18.6 Å². The lowest BCUT2D eigenvalue weighted by Crippen LogP contribution is -2.33. The third-order valence-corrected chi connectivity index (χ3v) is 3.28. The summed E-state index contributed by atoms with van der Waals surface area (Å²) >= 11 is 0. The molecule has 2 rings (SSSR count). The second-order valence-electron chi connectivity index (χ2n) is 4.70. The van der Waals surface area contributed by atoms with E-state index < -0.39 is 11.7 Å². The fraction of sp³-hybridized carbons (Fsp3) is 0.538. The smallest absolute Gasteiger partial charge is 0.315 e. The molecule has 1 heterocycles. The molecule has 1 aromatic rings. The maximum Gasteiger partial charge on any atom is 0.416 e. The lowest BCUT2D eigenvalue weighted by atomic mass is 10.0. The molecule has 0 amide bonds. The predicted molar refractivity (Wildman–Crippen MR) is 64.3 cm³/mol. The van der Waals surface area contributed by atoms with Gasteiger partial charge in [0.1, 0.15) is 0 Å². The SMILES string of the molecule is CC(NC1CCNC1)c1ccc(C(F)(F)F)cc1. The quantitative estimate of drug-likeness (QED) is 0.871. The van der Waals surface area contributed by atoms with Crippen molar-refractivity contribution in [3.8, 4) is 0 Å². The van der Waals surface area contributed by atoms with Gasteiger partial charge in [-0.15, -0.1) is 0 Å². The molecule has 0 spiro atoms. The van der Waals surface area contributed by atoms with Crippen molar-refractivity contribution in [2.75, 3.05) is 13.1 Å². The zero-order valence-electron chi connectivity index (χ0n) is 10.2. The van der Waals surface area contributed by atoms with E-state index in [0.29, 0.717) is 6.04 Å². The highest BCUT2D eigenvalue weighted by Gasteiger charge is 2.30. The van der Waals surface area contributed by atoms with Crippen LogP contribution < -0.4 is 10.6 Å². The van der Waals surface area contributed by atoms with Gasteiger partial charge in [-0.3, -0.25) is 0 Å². The Hall–Kier alpha value is -1.07. The second kappa shape index (κ2) is 5.28. The van der Waals surface area contributed by atoms with Crippen LogP contribution in [0.1, 0.15) is 30.5 Å². The standard InChI is InChI=1S/C13H17F3N2/c1-9(18-12-6-7-17-8-12)10-2-4-11(5-3-10)13(14,15)16/h2-5,9,12,17-18H,6-8H2,1H3. The summed E-state index contributed by atoms with van der Waals surface area (Å²) < 4.78 is 37.3. The van der Waals surface area contributed by atoms with E-state index in [1.807, 2.05) is 6.92 Å². The Morgan fingerprint density at radius 3 is 2.44 bits per heavy atom. The molecule has 0 bridgehead atoms. The highest BCUT2D eigenvalue weighted by molar-refractivity contribution is 5.26. The molecule has 5 heteroatoms. The van der Waals surface area contributed by atoms with Crippen molar-refractivity contribution in [2.45, 2.75) is 31.6 Å². The molecule has 0 saturated carbocycles. The number of benzene rings is 1. The van der Waals surface area contributed by atoms with Gasteiger partial charge in [-0.2, -0.15) is 13.2 Å². The van der Waals surface area contributed by atoms with Crippen molar-refractivity contribution in [1.82, 2.24) is 10.6 Å². The van der Waals surface area contributed by atoms with Crippen LogP contribution in [0, 0.1) is 0 Å². The van der Waals surface area contributed by atoms with Crippen LogP contribution in [0.15, 0.2) is 24.3 Å². The molecular weight excluding hydrogens is 241 g/mol. The Labute approximate surface area is 105 Å². The molecule has 18 heavy (non-hydrogen) atoms. The summed E-state index contributed by atoms with van der Waals surface area (Å²) in [7, 11) is 0. The first kappa shape index (κ1) is 13.4. The zero-order chi connectivity index (χ0) is 13.2. The third-order valence-electron chi connectivity index (χ3n) is 3.28. The van der Waals surface area contributed by atoms with E-state index in [-0.39, 0.29) is 6.04 Å². The summed E-state index contributed by atoms with van der Waals surface area (Å²) in [6.07, 6.45) is -3.20. The lowest BCUT2D eigenvalue weighted by molar-refractivity contribution is -0.137. The minimum Gasteiger partial charge on any atom is -0.315 e. The normalized spacial score (nSPS) is 22.1. The van der Waals surface area contributed by atoms with E-state index >= 15 is 0 Å². The van der Waals surface area contributed by atoms with Crippen molar-refractivity contribution in [3.63, 3.8) is 0 Å². The fourth-order valence-electron chi connectivity index (χ4n) is 2.21. The molecule has 0 radical (unpaired) electrons. The average Bonchev–Trinajstić information content (AvgIpc) is 2.81. The van der Waals surface area contributed by atoms with Gasteiger partial charge < -0.3 is 10.6 Å². The maximum atomic E-state index is 12.4. The van der Waals surface area contributed by atoms with Crippen LogP contribution in [0.3, 0.4) is 0 Å². The summed E-state index contributed by atoms with van der Waals surface area (Å²) in [5.41, 5.74) is 0.288. The summed E-state index contributed by atoms with van der Waals surface area (Å²) in [4.78, 5) is 0. The van der Waals surface area contributed by atoms with Gasteiger partial charge in [0.05, 0.1) is 5.56 Å². The van der Waals surface area contributed by atoms with Gasteiger partial charge >= 0.3 is 6.18 Å². The number of hydrogen-bond donors (Lipinski definition) is 2. The van der Waals surface area contributed by atoms with Gasteiger partial charge in [-0.1, -0.05) is 12.1 Å². The van der Waals surface area contributed by atoms with Crippen molar-refractivity contribution < 1.29 is 13.2 Å². The fourth-order valence-corrected chi connectivity index (χ4v) is 2.21. The molecule has 2 N–H and O–H groups in total. The Balaban J connectivity index is 2.00. The monoisotopic (exact) mass is 258 g/mol. The van der Waals surface area contributed by atoms with Crippen molar-refractivity contribution in [1.29, 1.82) is 0 Å². The third kappa shape index (κ3) is 3.23. The number of hydrogen-bond acceptors (Lipinski definition) is 2. The number of alkyl halides is 3. The zero-order valence-corrected chi connectivity index (χ0v) is 10.2. The first-order chi connectivity index (χ1) is 8.47. The van der Waals surface area contributed by atoms with Gasteiger partial charge in [-0.05, 0) is 37.6 Å². The molecule has 1 aromatic carbocycles. The van der Waals surface area contributed by atoms with E-state index in [0.717, 1.165) is 37.2 Å². The van der Waals surface area contributed by atoms with Gasteiger partial charge in [0.25, 0.3) is 0 Å². The maximum absolute atomic E-state index is 12.4. The molecule has 0 aromatic heterocycles. The van der Waals surface area contributed by atoms with E-state index in [9.17, 15) is 13.2 Å². The molecule has 100 valence electrons. The van der Waals surface area contributed by atoms with Crippen molar-refractivity contribution >= 4 is 0 Å². The topological polar surface area (TPSA) is 24.1 Å². The highest BCUT2D eigenvalue weighted by Crippen LogP contribution is 2.29. The number of halogens is 3. The molecule has 2 nitrogen and oxygen atoms in total. The summed E-state index contributed by atoms with van der Waals surface area (Å²) in [6.45, 7) is 3.89. The van der Waals surface area contributed by atoms with Crippen LogP contribution in [0.2, 0.25) is 0 Å². The van der Waals surface area contributed by atoms with Gasteiger partial charge in [0.15, 0.2) is 0 Å². The molecule has 1 aliphatic heterocycles. The average molecular weight is 258 g/mol. The molecule has 1 saturated heterocycles. The number of rotatable bonds is 3. The Kier molecular flexibility index (Phi) is 3.92. The van der Waals surface area contributed by atoms with E-state index in [1.54, 1.807) is 12.1 Å². The summed E-state index contributed by atoms with van der Waals surface area (Å²) in [5, 5.41) is 6.66. The molecular formula is C13H17F3N2. The van der Waals surface area contributed by atoms with Crippen LogP contribution in [0.4, 0.5) is 13.2 Å². The molecule has 1 aliphatic rings. The molecule has 1 fully saturated rings.